The quantitative estimate of drug-likeness (QED) is 0.855. The highest BCUT2D eigenvalue weighted by Crippen LogP contribution is 2.30. The summed E-state index contributed by atoms with van der Waals surface area (Å²) in [6.45, 7) is 4.21. The number of halogens is 1. The summed E-state index contributed by atoms with van der Waals surface area (Å²) in [5.41, 5.74) is 6.92. The molecule has 1 aromatic rings. The first kappa shape index (κ1) is 13.3. The summed E-state index contributed by atoms with van der Waals surface area (Å²) in [4.78, 5) is 0. The number of rotatable bonds is 5. The first-order valence-electron chi connectivity index (χ1n) is 5.63. The van der Waals surface area contributed by atoms with E-state index in [-0.39, 0.29) is 6.04 Å². The van der Waals surface area contributed by atoms with Crippen LogP contribution in [0.5, 0.6) is 5.75 Å². The molecule has 0 bridgehead atoms. The zero-order valence-corrected chi connectivity index (χ0v) is 10.9. The van der Waals surface area contributed by atoms with Gasteiger partial charge >= 0.3 is 0 Å². The lowest BCUT2D eigenvalue weighted by molar-refractivity contribution is 0.414. The van der Waals surface area contributed by atoms with Crippen molar-refractivity contribution < 1.29 is 4.74 Å². The molecule has 0 spiro atoms. The number of ether oxygens (including phenoxy) is 1. The molecule has 0 radical (unpaired) electrons. The van der Waals surface area contributed by atoms with E-state index >= 15 is 0 Å². The Morgan fingerprint density at radius 3 is 2.50 bits per heavy atom. The average Bonchev–Trinajstić information content (AvgIpc) is 2.25. The molecule has 2 unspecified atom stereocenters. The molecule has 0 saturated heterocycles. The lowest BCUT2D eigenvalue weighted by atomic mass is 9.94. The molecular formula is C13H20ClNO. The minimum atomic E-state index is 0.250. The molecule has 1 aromatic carbocycles. The van der Waals surface area contributed by atoms with Crippen LogP contribution in [0.15, 0.2) is 18.2 Å². The zero-order chi connectivity index (χ0) is 12.1. The van der Waals surface area contributed by atoms with Crippen molar-refractivity contribution in [2.45, 2.75) is 38.6 Å². The molecule has 0 aliphatic rings. The predicted molar refractivity (Wildman–Crippen MR) is 69.3 cm³/mol. The maximum absolute atomic E-state index is 6.21. The van der Waals surface area contributed by atoms with Crippen molar-refractivity contribution in [2.75, 3.05) is 7.11 Å². The van der Waals surface area contributed by atoms with E-state index in [2.05, 4.69) is 6.92 Å². The number of methoxy groups -OCH3 is 1. The zero-order valence-electron chi connectivity index (χ0n) is 10.2. The van der Waals surface area contributed by atoms with E-state index in [0.717, 1.165) is 23.6 Å². The summed E-state index contributed by atoms with van der Waals surface area (Å²) in [6, 6.07) is 6.09. The van der Waals surface area contributed by atoms with Gasteiger partial charge in [-0.3, -0.25) is 0 Å². The van der Waals surface area contributed by atoms with E-state index in [1.165, 1.54) is 5.56 Å². The van der Waals surface area contributed by atoms with Gasteiger partial charge in [0.25, 0.3) is 0 Å². The topological polar surface area (TPSA) is 35.2 Å². The Hall–Kier alpha value is -0.730. The van der Waals surface area contributed by atoms with Gasteiger partial charge in [0.05, 0.1) is 7.11 Å². The van der Waals surface area contributed by atoms with Crippen LogP contribution in [0, 0.1) is 0 Å². The summed E-state index contributed by atoms with van der Waals surface area (Å²) >= 11 is 6.21. The van der Waals surface area contributed by atoms with E-state index in [4.69, 9.17) is 22.1 Å². The molecule has 0 heterocycles. The largest absolute Gasteiger partial charge is 0.497 e. The lowest BCUT2D eigenvalue weighted by Gasteiger charge is -2.15. The minimum Gasteiger partial charge on any atom is -0.497 e. The molecule has 16 heavy (non-hydrogen) atoms. The van der Waals surface area contributed by atoms with Gasteiger partial charge in [-0.25, -0.2) is 0 Å². The Bertz CT molecular complexity index is 339. The molecule has 3 heteroatoms. The maximum atomic E-state index is 6.21. The molecule has 2 N–H and O–H groups in total. The van der Waals surface area contributed by atoms with Crippen LogP contribution in [0.4, 0.5) is 0 Å². The third-order valence-electron chi connectivity index (χ3n) is 2.79. The van der Waals surface area contributed by atoms with Crippen molar-refractivity contribution in [1.82, 2.24) is 0 Å². The van der Waals surface area contributed by atoms with Crippen LogP contribution in [0.2, 0.25) is 5.02 Å². The second-order valence-electron chi connectivity index (χ2n) is 4.34. The summed E-state index contributed by atoms with van der Waals surface area (Å²) in [7, 11) is 1.64. The smallest absolute Gasteiger partial charge is 0.120 e. The van der Waals surface area contributed by atoms with Crippen LogP contribution in [0.1, 0.15) is 38.2 Å². The Kier molecular flexibility index (Phi) is 5.10. The Labute approximate surface area is 103 Å². The van der Waals surface area contributed by atoms with Crippen LogP contribution in [-0.4, -0.2) is 13.2 Å². The lowest BCUT2D eigenvalue weighted by Crippen LogP contribution is -2.15. The van der Waals surface area contributed by atoms with Crippen LogP contribution in [0.25, 0.3) is 0 Å². The Morgan fingerprint density at radius 1 is 1.31 bits per heavy atom. The van der Waals surface area contributed by atoms with Crippen LogP contribution >= 0.6 is 11.6 Å². The van der Waals surface area contributed by atoms with Crippen LogP contribution in [0.3, 0.4) is 0 Å². The second kappa shape index (κ2) is 6.12. The molecule has 1 rings (SSSR count). The molecule has 2 atom stereocenters. The van der Waals surface area contributed by atoms with Crippen molar-refractivity contribution in [1.29, 1.82) is 0 Å². The fourth-order valence-corrected chi connectivity index (χ4v) is 2.06. The molecule has 2 nitrogen and oxygen atoms in total. The number of hydrogen-bond donors (Lipinski definition) is 1. The third-order valence-corrected chi connectivity index (χ3v) is 3.12. The van der Waals surface area contributed by atoms with Gasteiger partial charge in [0, 0.05) is 11.1 Å². The summed E-state index contributed by atoms with van der Waals surface area (Å²) < 4.78 is 5.12. The standard InChI is InChI=1S/C13H20ClNO/c1-9(4-5-10(2)15)12-7-6-11(16-3)8-13(12)14/h6-10H,4-5,15H2,1-3H3. The van der Waals surface area contributed by atoms with Crippen molar-refractivity contribution in [3.8, 4) is 5.75 Å². The molecule has 0 saturated carbocycles. The van der Waals surface area contributed by atoms with E-state index in [1.807, 2.05) is 25.1 Å². The van der Waals surface area contributed by atoms with Gasteiger partial charge in [-0.15, -0.1) is 0 Å². The molecule has 0 aromatic heterocycles. The molecule has 0 amide bonds. The minimum absolute atomic E-state index is 0.250. The van der Waals surface area contributed by atoms with E-state index in [0.29, 0.717) is 5.92 Å². The predicted octanol–water partition coefficient (Wildman–Crippen LogP) is 3.58. The highest BCUT2D eigenvalue weighted by molar-refractivity contribution is 6.31. The molecule has 0 aliphatic heterocycles. The first-order valence-corrected chi connectivity index (χ1v) is 6.01. The van der Waals surface area contributed by atoms with Gasteiger partial charge in [-0.1, -0.05) is 24.6 Å². The monoisotopic (exact) mass is 241 g/mol. The average molecular weight is 242 g/mol. The molecule has 0 aliphatic carbocycles. The summed E-state index contributed by atoms with van der Waals surface area (Å²) in [5.74, 6) is 1.23. The Morgan fingerprint density at radius 2 is 2.00 bits per heavy atom. The van der Waals surface area contributed by atoms with Gasteiger partial charge in [-0.2, -0.15) is 0 Å². The summed E-state index contributed by atoms with van der Waals surface area (Å²) in [5, 5.41) is 0.775. The van der Waals surface area contributed by atoms with E-state index in [1.54, 1.807) is 7.11 Å². The van der Waals surface area contributed by atoms with Crippen molar-refractivity contribution in [3.63, 3.8) is 0 Å². The van der Waals surface area contributed by atoms with Gasteiger partial charge in [0.2, 0.25) is 0 Å². The van der Waals surface area contributed by atoms with E-state index in [9.17, 15) is 0 Å². The van der Waals surface area contributed by atoms with E-state index < -0.39 is 0 Å². The number of hydrogen-bond acceptors (Lipinski definition) is 2. The number of benzene rings is 1. The van der Waals surface area contributed by atoms with Crippen molar-refractivity contribution in [3.05, 3.63) is 28.8 Å². The normalized spacial score (nSPS) is 14.6. The molecule has 90 valence electrons. The van der Waals surface area contributed by atoms with Crippen molar-refractivity contribution in [2.24, 2.45) is 5.73 Å². The maximum Gasteiger partial charge on any atom is 0.120 e. The van der Waals surface area contributed by atoms with Crippen LogP contribution < -0.4 is 10.5 Å². The van der Waals surface area contributed by atoms with Crippen molar-refractivity contribution >= 4 is 11.6 Å². The third kappa shape index (κ3) is 3.69. The van der Waals surface area contributed by atoms with Crippen LogP contribution in [-0.2, 0) is 0 Å². The van der Waals surface area contributed by atoms with Gasteiger partial charge in [0.15, 0.2) is 0 Å². The SMILES string of the molecule is COc1ccc(C(C)CCC(C)N)c(Cl)c1. The van der Waals surface area contributed by atoms with Gasteiger partial charge < -0.3 is 10.5 Å². The second-order valence-corrected chi connectivity index (χ2v) is 4.75. The van der Waals surface area contributed by atoms with Gasteiger partial charge in [0.1, 0.15) is 5.75 Å². The first-order chi connectivity index (χ1) is 7.54. The fraction of sp³-hybridized carbons (Fsp3) is 0.538. The number of nitrogens with two attached hydrogens (primary N) is 1. The molecular weight excluding hydrogens is 222 g/mol. The highest BCUT2D eigenvalue weighted by atomic mass is 35.5. The van der Waals surface area contributed by atoms with Gasteiger partial charge in [-0.05, 0) is 43.4 Å². The Balaban J connectivity index is 2.71. The molecule has 0 fully saturated rings. The highest BCUT2D eigenvalue weighted by Gasteiger charge is 2.11. The summed E-state index contributed by atoms with van der Waals surface area (Å²) in [6.07, 6.45) is 2.08. The fourth-order valence-electron chi connectivity index (χ4n) is 1.70.